The molecule has 0 aliphatic carbocycles. The minimum atomic E-state index is -3.90. The van der Waals surface area contributed by atoms with Gasteiger partial charge in [0, 0.05) is 13.1 Å². The van der Waals surface area contributed by atoms with E-state index < -0.39 is 16.1 Å². The van der Waals surface area contributed by atoms with E-state index in [2.05, 4.69) is 16.9 Å². The molecule has 2 aromatic rings. The van der Waals surface area contributed by atoms with Crippen LogP contribution in [-0.2, 0) is 16.4 Å². The van der Waals surface area contributed by atoms with E-state index in [1.807, 2.05) is 25.1 Å². The van der Waals surface area contributed by atoms with Gasteiger partial charge in [0.2, 0.25) is 0 Å². The van der Waals surface area contributed by atoms with Crippen LogP contribution in [0.25, 0.3) is 6.08 Å². The van der Waals surface area contributed by atoms with Crippen LogP contribution in [-0.4, -0.2) is 39.0 Å². The normalized spacial score (nSPS) is 15.5. The van der Waals surface area contributed by atoms with E-state index in [1.54, 1.807) is 29.2 Å². The molecule has 1 aliphatic heterocycles. The van der Waals surface area contributed by atoms with Crippen LogP contribution in [0.2, 0.25) is 0 Å². The van der Waals surface area contributed by atoms with Gasteiger partial charge in [-0.2, -0.15) is 0 Å². The maximum atomic E-state index is 12.6. The van der Waals surface area contributed by atoms with Crippen LogP contribution in [0.15, 0.2) is 59.5 Å². The third kappa shape index (κ3) is 6.59. The number of likely N-dealkylation sites (tertiary alicyclic amines) is 1. The average Bonchev–Trinajstić information content (AvgIpc) is 2.76. The summed E-state index contributed by atoms with van der Waals surface area (Å²) < 4.78 is 32.8. The summed E-state index contributed by atoms with van der Waals surface area (Å²) in [7, 11) is -3.90. The van der Waals surface area contributed by atoms with Crippen LogP contribution >= 0.6 is 0 Å². The maximum Gasteiger partial charge on any atom is 0.331 e. The smallest absolute Gasteiger partial charge is 0.331 e. The van der Waals surface area contributed by atoms with Crippen molar-refractivity contribution in [3.8, 4) is 5.75 Å². The van der Waals surface area contributed by atoms with Gasteiger partial charge in [0.1, 0.15) is 5.75 Å². The second-order valence-electron chi connectivity index (χ2n) is 7.79. The number of nitrogens with one attached hydrogen (secondary N) is 1. The van der Waals surface area contributed by atoms with Crippen molar-refractivity contribution in [1.29, 1.82) is 0 Å². The molecular weight excluding hydrogens is 412 g/mol. The highest BCUT2D eigenvalue weighted by Gasteiger charge is 2.26. The van der Waals surface area contributed by atoms with E-state index in [9.17, 15) is 13.2 Å². The van der Waals surface area contributed by atoms with Crippen molar-refractivity contribution < 1.29 is 17.9 Å². The van der Waals surface area contributed by atoms with Gasteiger partial charge in [0.15, 0.2) is 0 Å². The zero-order chi connectivity index (χ0) is 22.3. The standard InChI is InChI=1S/C24H30N2O4S/c1-3-30-23-11-9-21(10-12-23)17-19(2)31(28,29)25-24(27)26-15-13-22(14-16-26)18-20-7-5-4-6-8-20/h4-12,17,22H,3,13-16,18H2,1-2H3,(H,25,27)/b19-17+. The van der Waals surface area contributed by atoms with Crippen molar-refractivity contribution in [3.63, 3.8) is 0 Å². The van der Waals surface area contributed by atoms with Gasteiger partial charge in [-0.15, -0.1) is 0 Å². The molecule has 0 radical (unpaired) electrons. The second kappa shape index (κ2) is 10.5. The Balaban J connectivity index is 1.54. The third-order valence-electron chi connectivity index (χ3n) is 5.48. The Morgan fingerprint density at radius 1 is 1.10 bits per heavy atom. The fourth-order valence-corrected chi connectivity index (χ4v) is 4.50. The highest BCUT2D eigenvalue weighted by molar-refractivity contribution is 7.94. The number of ether oxygens (including phenoxy) is 1. The molecule has 1 aliphatic rings. The van der Waals surface area contributed by atoms with Crippen molar-refractivity contribution in [2.24, 2.45) is 5.92 Å². The number of amides is 2. The lowest BCUT2D eigenvalue weighted by molar-refractivity contribution is 0.175. The summed E-state index contributed by atoms with van der Waals surface area (Å²) in [5.74, 6) is 1.23. The molecule has 7 heteroatoms. The first-order valence-electron chi connectivity index (χ1n) is 10.6. The quantitative estimate of drug-likeness (QED) is 0.688. The average molecular weight is 443 g/mol. The lowest BCUT2D eigenvalue weighted by Crippen LogP contribution is -2.46. The summed E-state index contributed by atoms with van der Waals surface area (Å²) in [5.41, 5.74) is 2.02. The molecular formula is C24H30N2O4S. The Kier molecular flexibility index (Phi) is 7.74. The Bertz CT molecular complexity index is 994. The topological polar surface area (TPSA) is 75.7 Å². The third-order valence-corrected chi connectivity index (χ3v) is 6.88. The molecule has 166 valence electrons. The number of rotatable bonds is 7. The number of nitrogens with zero attached hydrogens (tertiary/aromatic N) is 1. The van der Waals surface area contributed by atoms with Crippen LogP contribution in [0.4, 0.5) is 4.79 Å². The highest BCUT2D eigenvalue weighted by Crippen LogP contribution is 2.22. The van der Waals surface area contributed by atoms with Crippen LogP contribution in [0.3, 0.4) is 0 Å². The van der Waals surface area contributed by atoms with Gasteiger partial charge < -0.3 is 9.64 Å². The molecule has 1 fully saturated rings. The number of benzene rings is 2. The van der Waals surface area contributed by atoms with E-state index in [0.29, 0.717) is 25.6 Å². The summed E-state index contributed by atoms with van der Waals surface area (Å²) in [6, 6.07) is 16.9. The molecule has 0 bridgehead atoms. The molecule has 1 saturated heterocycles. The van der Waals surface area contributed by atoms with Crippen LogP contribution in [0.5, 0.6) is 5.75 Å². The lowest BCUT2D eigenvalue weighted by atomic mass is 9.90. The second-order valence-corrected chi connectivity index (χ2v) is 9.64. The molecule has 1 N–H and O–H groups in total. The fraction of sp³-hybridized carbons (Fsp3) is 0.375. The molecule has 0 saturated carbocycles. The van der Waals surface area contributed by atoms with Crippen molar-refractivity contribution in [3.05, 3.63) is 70.6 Å². The fourth-order valence-electron chi connectivity index (χ4n) is 3.69. The molecule has 0 unspecified atom stereocenters. The van der Waals surface area contributed by atoms with Crippen molar-refractivity contribution in [1.82, 2.24) is 9.62 Å². The van der Waals surface area contributed by atoms with Crippen molar-refractivity contribution in [2.75, 3.05) is 19.7 Å². The highest BCUT2D eigenvalue weighted by atomic mass is 32.2. The maximum absolute atomic E-state index is 12.6. The Hall–Kier alpha value is -2.80. The summed E-state index contributed by atoms with van der Waals surface area (Å²) in [6.07, 6.45) is 4.25. The number of hydrogen-bond donors (Lipinski definition) is 1. The minimum Gasteiger partial charge on any atom is -0.494 e. The molecule has 6 nitrogen and oxygen atoms in total. The predicted octanol–water partition coefficient (Wildman–Crippen LogP) is 4.44. The number of carbonyl (C=O) groups is 1. The lowest BCUT2D eigenvalue weighted by Gasteiger charge is -2.32. The number of piperidine rings is 1. The van der Waals surface area contributed by atoms with Gasteiger partial charge in [0.05, 0.1) is 11.5 Å². The zero-order valence-electron chi connectivity index (χ0n) is 18.1. The van der Waals surface area contributed by atoms with Crippen molar-refractivity contribution >= 4 is 22.1 Å². The number of sulfonamides is 1. The van der Waals surface area contributed by atoms with Gasteiger partial charge in [0.25, 0.3) is 10.0 Å². The molecule has 2 amide bonds. The summed E-state index contributed by atoms with van der Waals surface area (Å²) in [6.45, 7) is 5.07. The molecule has 1 heterocycles. The molecule has 3 rings (SSSR count). The zero-order valence-corrected chi connectivity index (χ0v) is 18.9. The van der Waals surface area contributed by atoms with E-state index in [0.717, 1.165) is 30.6 Å². The van der Waals surface area contributed by atoms with Gasteiger partial charge in [-0.1, -0.05) is 42.5 Å². The van der Waals surface area contributed by atoms with E-state index >= 15 is 0 Å². The Morgan fingerprint density at radius 3 is 2.35 bits per heavy atom. The summed E-state index contributed by atoms with van der Waals surface area (Å²) in [5, 5.41) is 0. The summed E-state index contributed by atoms with van der Waals surface area (Å²) >= 11 is 0. The number of hydrogen-bond acceptors (Lipinski definition) is 4. The van der Waals surface area contributed by atoms with Gasteiger partial charge in [-0.25, -0.2) is 17.9 Å². The SMILES string of the molecule is CCOc1ccc(/C=C(\C)S(=O)(=O)NC(=O)N2CCC(Cc3ccccc3)CC2)cc1. The largest absolute Gasteiger partial charge is 0.494 e. The van der Waals surface area contributed by atoms with Crippen LogP contribution < -0.4 is 9.46 Å². The van der Waals surface area contributed by atoms with E-state index in [4.69, 9.17) is 4.74 Å². The number of allylic oxidation sites excluding steroid dienone is 1. The monoisotopic (exact) mass is 442 g/mol. The Labute approximate surface area is 185 Å². The number of urea groups is 1. The number of carbonyl (C=O) groups excluding carboxylic acids is 1. The molecule has 2 aromatic carbocycles. The molecule has 31 heavy (non-hydrogen) atoms. The Morgan fingerprint density at radius 2 is 1.74 bits per heavy atom. The molecule has 0 aromatic heterocycles. The van der Waals surface area contributed by atoms with Gasteiger partial charge >= 0.3 is 6.03 Å². The molecule has 0 spiro atoms. The van der Waals surface area contributed by atoms with E-state index in [1.165, 1.54) is 18.6 Å². The summed E-state index contributed by atoms with van der Waals surface area (Å²) in [4.78, 5) is 14.2. The van der Waals surface area contributed by atoms with Crippen LogP contribution in [0, 0.1) is 5.92 Å². The minimum absolute atomic E-state index is 0.0870. The van der Waals surface area contributed by atoms with Crippen LogP contribution in [0.1, 0.15) is 37.8 Å². The van der Waals surface area contributed by atoms with E-state index in [-0.39, 0.29) is 4.91 Å². The van der Waals surface area contributed by atoms with Gasteiger partial charge in [-0.3, -0.25) is 0 Å². The first kappa shape index (κ1) is 22.9. The molecule has 0 atom stereocenters. The van der Waals surface area contributed by atoms with Gasteiger partial charge in [-0.05, 0) is 68.4 Å². The predicted molar refractivity (Wildman–Crippen MR) is 123 cm³/mol. The first-order valence-corrected chi connectivity index (χ1v) is 12.1. The van der Waals surface area contributed by atoms with Crippen molar-refractivity contribution in [2.45, 2.75) is 33.1 Å². The first-order chi connectivity index (χ1) is 14.9.